The molecule has 7 rings (SSSR count). The van der Waals surface area contributed by atoms with Crippen molar-refractivity contribution in [3.63, 3.8) is 0 Å². The lowest BCUT2D eigenvalue weighted by Gasteiger charge is -2.44. The summed E-state index contributed by atoms with van der Waals surface area (Å²) in [5.74, 6) is 0.0227. The molecule has 10 nitrogen and oxygen atoms in total. The topological polar surface area (TPSA) is 122 Å². The van der Waals surface area contributed by atoms with Crippen LogP contribution in [0, 0.1) is 11.7 Å². The van der Waals surface area contributed by atoms with Crippen LogP contribution in [0.4, 0.5) is 14.9 Å². The maximum atomic E-state index is 15.2. The molecule has 3 aliphatic heterocycles. The normalized spacial score (nSPS) is 18.3. The number of para-hydroxylation sites is 1. The Balaban J connectivity index is 0.00000504. The van der Waals surface area contributed by atoms with Crippen molar-refractivity contribution in [2.45, 2.75) is 38.0 Å². The molecule has 3 fully saturated rings. The Kier molecular flexibility index (Phi) is 12.8. The summed E-state index contributed by atoms with van der Waals surface area (Å²) in [7, 11) is 3.05. The van der Waals surface area contributed by atoms with Gasteiger partial charge in [0.1, 0.15) is 28.1 Å². The molecule has 0 spiro atoms. The highest BCUT2D eigenvalue weighted by atomic mass is 79.9. The van der Waals surface area contributed by atoms with Gasteiger partial charge in [0.15, 0.2) is 23.9 Å². The average molecular weight is 806 g/mol. The summed E-state index contributed by atoms with van der Waals surface area (Å²) in [5.41, 5.74) is 2.03. The smallest absolute Gasteiger partial charge is 0.415 e. The summed E-state index contributed by atoms with van der Waals surface area (Å²) in [5, 5.41) is 0.754. The average Bonchev–Trinajstić information content (AvgIpc) is 3.12. The number of amides is 1. The summed E-state index contributed by atoms with van der Waals surface area (Å²) >= 11 is 16.5. The van der Waals surface area contributed by atoms with Crippen LogP contribution in [0.3, 0.4) is 0 Å². The predicted octanol–water partition coefficient (Wildman–Crippen LogP) is 7.93. The van der Waals surface area contributed by atoms with E-state index in [4.69, 9.17) is 42.1 Å². The molecule has 14 heteroatoms. The second-order valence-electron chi connectivity index (χ2n) is 12.3. The number of aromatic amines is 1. The number of methoxy groups -OCH3 is 2. The predicted molar refractivity (Wildman–Crippen MR) is 193 cm³/mol. The molecule has 1 amide bonds. The highest BCUT2D eigenvalue weighted by Gasteiger charge is 2.38. The van der Waals surface area contributed by atoms with E-state index < -0.39 is 24.0 Å². The van der Waals surface area contributed by atoms with Gasteiger partial charge in [0.2, 0.25) is 0 Å². The molecule has 3 aromatic carbocycles. The molecule has 2 bridgehead atoms. The molecule has 0 unspecified atom stereocenters. The van der Waals surface area contributed by atoms with Crippen molar-refractivity contribution in [2.75, 3.05) is 38.8 Å². The number of pyridine rings is 1. The van der Waals surface area contributed by atoms with Crippen LogP contribution >= 0.6 is 39.1 Å². The van der Waals surface area contributed by atoms with Gasteiger partial charge in [-0.05, 0) is 85.4 Å². The van der Waals surface area contributed by atoms with Gasteiger partial charge in [-0.25, -0.2) is 19.0 Å². The summed E-state index contributed by atoms with van der Waals surface area (Å²) < 4.78 is 38.8. The summed E-state index contributed by atoms with van der Waals surface area (Å²) in [4.78, 5) is 34.1. The SMILES string of the molecule is COc1ccc([C@H](Cc2c(Cl)c[nH+]cc2Cl)OC(=O)c2cc(Br)cc(CN(C(=O)O[C@H]3CN4CCC3CC4)c3ccccc3F)c2)cc1OC.[OH-]. The van der Waals surface area contributed by atoms with E-state index in [0.717, 1.165) is 25.9 Å². The Morgan fingerprint density at radius 3 is 2.35 bits per heavy atom. The fraction of sp³-hybridized carbons (Fsp3) is 0.324. The number of ether oxygens (including phenoxy) is 4. The zero-order valence-corrected chi connectivity index (χ0v) is 31.0. The Bertz CT molecular complexity index is 1860. The molecule has 270 valence electrons. The fourth-order valence-electron chi connectivity index (χ4n) is 6.53. The van der Waals surface area contributed by atoms with Gasteiger partial charge in [0.05, 0.1) is 32.0 Å². The molecule has 4 aromatic rings. The second kappa shape index (κ2) is 17.1. The van der Waals surface area contributed by atoms with Crippen molar-refractivity contribution in [1.82, 2.24) is 4.90 Å². The molecule has 0 radical (unpaired) electrons. The summed E-state index contributed by atoms with van der Waals surface area (Å²) in [6.45, 7) is 2.58. The summed E-state index contributed by atoms with van der Waals surface area (Å²) in [6, 6.07) is 16.3. The number of benzene rings is 3. The minimum Gasteiger partial charge on any atom is -0.870 e. The number of carbonyl (C=O) groups is 2. The molecular formula is C37H37BrCl2FN3O7. The number of nitrogens with one attached hydrogen (secondary N) is 1. The van der Waals surface area contributed by atoms with Crippen LogP contribution in [-0.2, 0) is 22.4 Å². The van der Waals surface area contributed by atoms with E-state index in [0.29, 0.717) is 49.3 Å². The first kappa shape index (κ1) is 38.3. The number of nitrogens with zero attached hydrogens (tertiary/aromatic N) is 2. The summed E-state index contributed by atoms with van der Waals surface area (Å²) in [6.07, 6.45) is 3.50. The van der Waals surface area contributed by atoms with Crippen LogP contribution in [0.2, 0.25) is 10.0 Å². The Morgan fingerprint density at radius 1 is 1.00 bits per heavy atom. The lowest BCUT2D eigenvalue weighted by Crippen LogP contribution is -2.53. The van der Waals surface area contributed by atoms with Crippen molar-refractivity contribution in [3.8, 4) is 11.5 Å². The number of rotatable bonds is 11. The number of hydrogen-bond donors (Lipinski definition) is 0. The Morgan fingerprint density at radius 2 is 1.71 bits per heavy atom. The van der Waals surface area contributed by atoms with E-state index in [1.807, 2.05) is 0 Å². The van der Waals surface area contributed by atoms with Gasteiger partial charge >= 0.3 is 12.1 Å². The Labute approximate surface area is 313 Å². The maximum absolute atomic E-state index is 15.2. The zero-order valence-electron chi connectivity index (χ0n) is 27.9. The lowest BCUT2D eigenvalue weighted by atomic mass is 9.86. The van der Waals surface area contributed by atoms with E-state index in [2.05, 4.69) is 25.8 Å². The quantitative estimate of drug-likeness (QED) is 0.140. The maximum Gasteiger partial charge on any atom is 0.415 e. The van der Waals surface area contributed by atoms with Crippen molar-refractivity contribution in [3.05, 3.63) is 116 Å². The van der Waals surface area contributed by atoms with E-state index in [1.54, 1.807) is 60.9 Å². The molecular weight excluding hydrogens is 768 g/mol. The molecule has 2 N–H and O–H groups in total. The molecule has 1 aromatic heterocycles. The van der Waals surface area contributed by atoms with Crippen LogP contribution < -0.4 is 19.4 Å². The van der Waals surface area contributed by atoms with Crippen LogP contribution in [-0.4, -0.2) is 62.4 Å². The van der Waals surface area contributed by atoms with Gasteiger partial charge in [-0.3, -0.25) is 9.80 Å². The van der Waals surface area contributed by atoms with Crippen LogP contribution in [0.1, 0.15) is 46.0 Å². The van der Waals surface area contributed by atoms with Crippen molar-refractivity contribution >= 4 is 56.9 Å². The molecule has 2 atom stereocenters. The largest absolute Gasteiger partial charge is 0.870 e. The number of esters is 1. The van der Waals surface area contributed by atoms with Gasteiger partial charge in [-0.1, -0.05) is 57.3 Å². The highest BCUT2D eigenvalue weighted by Crippen LogP contribution is 2.36. The molecule has 4 heterocycles. The van der Waals surface area contributed by atoms with E-state index in [9.17, 15) is 9.59 Å². The third-order valence-corrected chi connectivity index (χ3v) is 10.3. The van der Waals surface area contributed by atoms with Gasteiger partial charge in [-0.15, -0.1) is 0 Å². The van der Waals surface area contributed by atoms with Gasteiger partial charge in [0, 0.05) is 23.0 Å². The lowest BCUT2D eigenvalue weighted by molar-refractivity contribution is -0.377. The van der Waals surface area contributed by atoms with Gasteiger partial charge in [0.25, 0.3) is 0 Å². The van der Waals surface area contributed by atoms with Crippen molar-refractivity contribution in [1.29, 1.82) is 0 Å². The molecule has 3 aliphatic rings. The molecule has 51 heavy (non-hydrogen) atoms. The highest BCUT2D eigenvalue weighted by molar-refractivity contribution is 9.10. The first-order valence-corrected chi connectivity index (χ1v) is 17.7. The van der Waals surface area contributed by atoms with Gasteiger partial charge in [-0.2, -0.15) is 0 Å². The number of halogens is 4. The van der Waals surface area contributed by atoms with Crippen LogP contribution in [0.15, 0.2) is 77.5 Å². The third-order valence-electron chi connectivity index (χ3n) is 9.16. The molecule has 3 saturated heterocycles. The standard InChI is InChI=1S/C37H35BrCl2FN3O6.H2O/c1-47-32-8-7-24(16-34(32)48-2)33(17-27-28(39)18-42-19-29(27)40)49-36(45)25-13-22(14-26(38)15-25)20-44(31-6-4-3-5-30(31)41)37(46)50-35-21-43-11-9-23(35)10-12-43;/h3-8,13-16,18-19,23,33,35H,9-12,17,20-21H2,1-2H3;1H2/t33-,35-;/m0./s1. The van der Waals surface area contributed by atoms with Crippen LogP contribution in [0.25, 0.3) is 0 Å². The minimum atomic E-state index is -0.839. The van der Waals surface area contributed by atoms with E-state index in [1.165, 1.54) is 31.3 Å². The van der Waals surface area contributed by atoms with Crippen molar-refractivity contribution < 1.29 is 43.4 Å². The first-order valence-electron chi connectivity index (χ1n) is 16.1. The number of carbonyl (C=O) groups excluding carboxylic acids is 2. The zero-order chi connectivity index (χ0) is 35.4. The van der Waals surface area contributed by atoms with Crippen molar-refractivity contribution in [2.24, 2.45) is 5.92 Å². The number of piperidine rings is 3. The fourth-order valence-corrected chi connectivity index (χ4v) is 7.61. The molecule has 0 aliphatic carbocycles. The van der Waals surface area contributed by atoms with Gasteiger partial charge < -0.3 is 24.4 Å². The Hall–Kier alpha value is -3.94. The number of aromatic nitrogens is 1. The van der Waals surface area contributed by atoms with E-state index in [-0.39, 0.29) is 41.7 Å². The van der Waals surface area contributed by atoms with E-state index >= 15 is 4.39 Å². The second-order valence-corrected chi connectivity index (χ2v) is 14.0. The minimum absolute atomic E-state index is 0. The monoisotopic (exact) mass is 803 g/mol. The number of hydrogen-bond acceptors (Lipinski definition) is 8. The molecule has 0 saturated carbocycles. The number of fused-ring (bicyclic) bond motifs is 3. The van der Waals surface area contributed by atoms with Crippen LogP contribution in [0.5, 0.6) is 11.5 Å². The number of H-pyrrole nitrogens is 1. The number of anilines is 1. The first-order chi connectivity index (χ1) is 24.1. The third kappa shape index (κ3) is 8.93.